The largest absolute Gasteiger partial charge is 0.338 e. The van der Waals surface area contributed by atoms with Gasteiger partial charge in [-0.05, 0) is 64.1 Å². The third kappa shape index (κ3) is 5.01. The lowest BCUT2D eigenvalue weighted by Crippen LogP contribution is -2.38. The Bertz CT molecular complexity index is 269. The van der Waals surface area contributed by atoms with Gasteiger partial charge in [-0.1, -0.05) is 6.92 Å². The van der Waals surface area contributed by atoms with Gasteiger partial charge in [0.2, 0.25) is 0 Å². The van der Waals surface area contributed by atoms with Gasteiger partial charge in [0.25, 0.3) is 0 Å². The molecule has 1 N–H and O–H groups in total. The number of piperidine rings is 1. The molecule has 19 heavy (non-hydrogen) atoms. The number of nitrogens with zero attached hydrogens (tertiary/aromatic N) is 2. The van der Waals surface area contributed by atoms with E-state index in [-0.39, 0.29) is 6.03 Å². The maximum Gasteiger partial charge on any atom is 0.317 e. The molecule has 0 bridgehead atoms. The predicted molar refractivity (Wildman–Crippen MR) is 78.3 cm³/mol. The Balaban J connectivity index is 1.46. The lowest BCUT2D eigenvalue weighted by molar-refractivity contribution is 0.188. The summed E-state index contributed by atoms with van der Waals surface area (Å²) in [5, 5.41) is 3.04. The summed E-state index contributed by atoms with van der Waals surface area (Å²) in [6, 6.07) is 0.143. The van der Waals surface area contributed by atoms with Gasteiger partial charge in [0.1, 0.15) is 0 Å². The van der Waals surface area contributed by atoms with Crippen molar-refractivity contribution < 1.29 is 4.79 Å². The molecule has 0 aromatic heterocycles. The number of rotatable bonds is 5. The average Bonchev–Trinajstić information content (AvgIpc) is 2.94. The Kier molecular flexibility index (Phi) is 5.95. The molecule has 0 saturated carbocycles. The SMILES string of the molecule is CC1CCN(CCCCNC(=O)N2CCCC2)CC1. The molecule has 4 nitrogen and oxygen atoms in total. The van der Waals surface area contributed by atoms with Crippen LogP contribution in [-0.2, 0) is 0 Å². The van der Waals surface area contributed by atoms with E-state index in [9.17, 15) is 4.79 Å². The van der Waals surface area contributed by atoms with Crippen molar-refractivity contribution in [3.63, 3.8) is 0 Å². The summed E-state index contributed by atoms with van der Waals surface area (Å²) in [4.78, 5) is 16.3. The van der Waals surface area contributed by atoms with Gasteiger partial charge in [0.05, 0.1) is 0 Å². The number of unbranched alkanes of at least 4 members (excludes halogenated alkanes) is 1. The van der Waals surface area contributed by atoms with Gasteiger partial charge in [0.15, 0.2) is 0 Å². The summed E-state index contributed by atoms with van der Waals surface area (Å²) >= 11 is 0. The first-order valence-electron chi connectivity index (χ1n) is 8.01. The van der Waals surface area contributed by atoms with Gasteiger partial charge in [-0.25, -0.2) is 4.79 Å². The third-order valence-electron chi connectivity index (χ3n) is 4.45. The third-order valence-corrected chi connectivity index (χ3v) is 4.45. The quantitative estimate of drug-likeness (QED) is 0.776. The standard InChI is InChI=1S/C15H29N3O/c1-14-6-12-17(13-7-14)9-3-2-8-16-15(19)18-10-4-5-11-18/h14H,2-13H2,1H3,(H,16,19). The average molecular weight is 267 g/mol. The minimum atomic E-state index is 0.143. The summed E-state index contributed by atoms with van der Waals surface area (Å²) in [6.45, 7) is 8.80. The first-order valence-corrected chi connectivity index (χ1v) is 8.01. The molecule has 0 spiro atoms. The van der Waals surface area contributed by atoms with Crippen molar-refractivity contribution in [2.45, 2.75) is 45.4 Å². The molecule has 2 saturated heterocycles. The lowest BCUT2D eigenvalue weighted by atomic mass is 9.99. The Morgan fingerprint density at radius 3 is 2.47 bits per heavy atom. The summed E-state index contributed by atoms with van der Waals surface area (Å²) in [7, 11) is 0. The number of carbonyl (C=O) groups is 1. The van der Waals surface area contributed by atoms with Gasteiger partial charge in [-0.2, -0.15) is 0 Å². The zero-order valence-electron chi connectivity index (χ0n) is 12.4. The van der Waals surface area contributed by atoms with E-state index in [0.29, 0.717) is 0 Å². The van der Waals surface area contributed by atoms with E-state index in [1.54, 1.807) is 0 Å². The molecule has 0 radical (unpaired) electrons. The van der Waals surface area contributed by atoms with E-state index in [1.807, 2.05) is 4.90 Å². The monoisotopic (exact) mass is 267 g/mol. The highest BCUT2D eigenvalue weighted by molar-refractivity contribution is 5.74. The Hall–Kier alpha value is -0.770. The summed E-state index contributed by atoms with van der Waals surface area (Å²) in [5.74, 6) is 0.913. The Morgan fingerprint density at radius 2 is 1.79 bits per heavy atom. The zero-order chi connectivity index (χ0) is 13.5. The molecular formula is C15H29N3O. The molecule has 4 heteroatoms. The van der Waals surface area contributed by atoms with Crippen LogP contribution in [0.4, 0.5) is 4.79 Å². The second kappa shape index (κ2) is 7.73. The molecule has 2 fully saturated rings. The molecule has 0 aliphatic carbocycles. The van der Waals surface area contributed by atoms with Gasteiger partial charge < -0.3 is 15.1 Å². The molecule has 0 unspecified atom stereocenters. The van der Waals surface area contributed by atoms with Gasteiger partial charge >= 0.3 is 6.03 Å². The van der Waals surface area contributed by atoms with Gasteiger partial charge in [-0.15, -0.1) is 0 Å². The van der Waals surface area contributed by atoms with Gasteiger partial charge in [0, 0.05) is 19.6 Å². The van der Waals surface area contributed by atoms with E-state index in [0.717, 1.165) is 32.0 Å². The van der Waals surface area contributed by atoms with E-state index in [4.69, 9.17) is 0 Å². The lowest BCUT2D eigenvalue weighted by Gasteiger charge is -2.30. The van der Waals surface area contributed by atoms with E-state index in [2.05, 4.69) is 17.1 Å². The molecule has 110 valence electrons. The second-order valence-electron chi connectivity index (χ2n) is 6.16. The molecule has 0 aromatic carbocycles. The summed E-state index contributed by atoms with van der Waals surface area (Å²) < 4.78 is 0. The van der Waals surface area contributed by atoms with Crippen molar-refractivity contribution in [3.8, 4) is 0 Å². The minimum Gasteiger partial charge on any atom is -0.338 e. The first kappa shape index (κ1) is 14.6. The van der Waals surface area contributed by atoms with Crippen molar-refractivity contribution in [2.24, 2.45) is 5.92 Å². The van der Waals surface area contributed by atoms with Gasteiger partial charge in [-0.3, -0.25) is 0 Å². The normalized spacial score (nSPS) is 21.8. The van der Waals surface area contributed by atoms with Crippen LogP contribution in [-0.4, -0.2) is 55.1 Å². The molecule has 0 atom stereocenters. The molecule has 0 aromatic rings. The van der Waals surface area contributed by atoms with Crippen LogP contribution in [0.15, 0.2) is 0 Å². The molecule has 2 aliphatic rings. The zero-order valence-corrected chi connectivity index (χ0v) is 12.4. The van der Waals surface area contributed by atoms with E-state index in [1.165, 1.54) is 51.7 Å². The molecule has 2 amide bonds. The van der Waals surface area contributed by atoms with Crippen LogP contribution in [0, 0.1) is 5.92 Å². The van der Waals surface area contributed by atoms with Crippen LogP contribution >= 0.6 is 0 Å². The number of amides is 2. The van der Waals surface area contributed by atoms with Crippen LogP contribution < -0.4 is 5.32 Å². The number of urea groups is 1. The number of hydrogen-bond donors (Lipinski definition) is 1. The Morgan fingerprint density at radius 1 is 1.11 bits per heavy atom. The minimum absolute atomic E-state index is 0.143. The summed E-state index contributed by atoms with van der Waals surface area (Å²) in [5.41, 5.74) is 0. The van der Waals surface area contributed by atoms with Crippen molar-refractivity contribution in [1.29, 1.82) is 0 Å². The predicted octanol–water partition coefficient (Wildman–Crippen LogP) is 2.30. The number of likely N-dealkylation sites (tertiary alicyclic amines) is 2. The Labute approximate surface area is 117 Å². The highest BCUT2D eigenvalue weighted by Gasteiger charge is 2.17. The van der Waals surface area contributed by atoms with E-state index < -0.39 is 0 Å². The van der Waals surface area contributed by atoms with E-state index >= 15 is 0 Å². The topological polar surface area (TPSA) is 35.6 Å². The van der Waals surface area contributed by atoms with Crippen molar-refractivity contribution in [2.75, 3.05) is 39.3 Å². The fourth-order valence-electron chi connectivity index (χ4n) is 2.97. The van der Waals surface area contributed by atoms with Crippen molar-refractivity contribution in [1.82, 2.24) is 15.1 Å². The van der Waals surface area contributed by atoms with Crippen LogP contribution in [0.3, 0.4) is 0 Å². The van der Waals surface area contributed by atoms with Crippen LogP contribution in [0.5, 0.6) is 0 Å². The fourth-order valence-corrected chi connectivity index (χ4v) is 2.97. The van der Waals surface area contributed by atoms with Crippen molar-refractivity contribution in [3.05, 3.63) is 0 Å². The number of carbonyl (C=O) groups excluding carboxylic acids is 1. The van der Waals surface area contributed by atoms with Crippen LogP contribution in [0.1, 0.15) is 45.4 Å². The maximum absolute atomic E-state index is 11.8. The highest BCUT2D eigenvalue weighted by Crippen LogP contribution is 2.16. The number of nitrogens with one attached hydrogen (secondary N) is 1. The number of hydrogen-bond acceptors (Lipinski definition) is 2. The molecule has 2 aliphatic heterocycles. The molecular weight excluding hydrogens is 238 g/mol. The molecule has 2 rings (SSSR count). The fraction of sp³-hybridized carbons (Fsp3) is 0.933. The summed E-state index contributed by atoms with van der Waals surface area (Å²) in [6.07, 6.45) is 7.35. The maximum atomic E-state index is 11.8. The smallest absolute Gasteiger partial charge is 0.317 e. The van der Waals surface area contributed by atoms with Crippen molar-refractivity contribution >= 4 is 6.03 Å². The first-order chi connectivity index (χ1) is 9.25. The van der Waals surface area contributed by atoms with Crippen LogP contribution in [0.25, 0.3) is 0 Å². The van der Waals surface area contributed by atoms with Crippen LogP contribution in [0.2, 0.25) is 0 Å². The molecule has 2 heterocycles. The highest BCUT2D eigenvalue weighted by atomic mass is 16.2. The second-order valence-corrected chi connectivity index (χ2v) is 6.16.